The van der Waals surface area contributed by atoms with E-state index in [0.29, 0.717) is 59.4 Å². The van der Waals surface area contributed by atoms with Gasteiger partial charge in [-0.15, -0.1) is 6.42 Å². The highest BCUT2D eigenvalue weighted by molar-refractivity contribution is 6.04. The van der Waals surface area contributed by atoms with Gasteiger partial charge in [-0.3, -0.25) is 4.90 Å². The van der Waals surface area contributed by atoms with Crippen molar-refractivity contribution in [3.63, 3.8) is 0 Å². The van der Waals surface area contributed by atoms with Gasteiger partial charge in [0.15, 0.2) is 5.82 Å². The Labute approximate surface area is 242 Å². The summed E-state index contributed by atoms with van der Waals surface area (Å²) in [5.74, 6) is 2.86. The second-order valence-corrected chi connectivity index (χ2v) is 11.7. The average molecular weight is 567 g/mol. The van der Waals surface area contributed by atoms with Crippen LogP contribution in [0.3, 0.4) is 0 Å². The highest BCUT2D eigenvalue weighted by Gasteiger charge is 2.45. The van der Waals surface area contributed by atoms with Gasteiger partial charge in [-0.25, -0.2) is 9.37 Å². The Balaban J connectivity index is 1.33. The van der Waals surface area contributed by atoms with Gasteiger partial charge < -0.3 is 24.8 Å². The van der Waals surface area contributed by atoms with Gasteiger partial charge in [0.1, 0.15) is 41.4 Å². The summed E-state index contributed by atoms with van der Waals surface area (Å²) >= 11 is 0. The highest BCUT2D eigenvalue weighted by atomic mass is 19.1. The van der Waals surface area contributed by atoms with E-state index >= 15 is 4.39 Å². The molecule has 0 spiro atoms. The molecule has 4 aliphatic heterocycles. The van der Waals surface area contributed by atoms with Crippen molar-refractivity contribution in [3.8, 4) is 41.2 Å². The van der Waals surface area contributed by atoms with Crippen molar-refractivity contribution in [2.75, 3.05) is 50.8 Å². The second kappa shape index (κ2) is 9.68. The molecular formula is C32H31FN6O3. The molecule has 3 fully saturated rings. The molecule has 9 nitrogen and oxygen atoms in total. The van der Waals surface area contributed by atoms with Crippen LogP contribution in [0.25, 0.3) is 32.9 Å². The summed E-state index contributed by atoms with van der Waals surface area (Å²) < 4.78 is 29.4. The molecule has 2 N–H and O–H groups in total. The second-order valence-electron chi connectivity index (χ2n) is 11.7. The first kappa shape index (κ1) is 25.5. The maximum Gasteiger partial charge on any atom is 0.319 e. The third kappa shape index (κ3) is 3.87. The number of aromatic nitrogens is 3. The van der Waals surface area contributed by atoms with Gasteiger partial charge in [0.25, 0.3) is 0 Å². The first-order chi connectivity index (χ1) is 20.5. The number of anilines is 1. The minimum Gasteiger partial charge on any atom is -0.508 e. The molecular weight excluding hydrogens is 535 g/mol. The molecule has 1 atom stereocenters. The quantitative estimate of drug-likeness (QED) is 0.357. The zero-order valence-electron chi connectivity index (χ0n) is 23.2. The average Bonchev–Trinajstić information content (AvgIpc) is 3.55. The molecule has 214 valence electrons. The summed E-state index contributed by atoms with van der Waals surface area (Å²) in [5, 5.41) is 15.8. The lowest BCUT2D eigenvalue weighted by molar-refractivity contribution is 0.108. The molecule has 0 saturated carbocycles. The number of aromatic hydroxyl groups is 1. The van der Waals surface area contributed by atoms with Crippen LogP contribution in [0.1, 0.15) is 31.2 Å². The van der Waals surface area contributed by atoms with Crippen molar-refractivity contribution in [2.24, 2.45) is 0 Å². The fraction of sp³-hybridized carbons (Fsp3) is 0.406. The minimum atomic E-state index is -0.639. The van der Waals surface area contributed by atoms with Gasteiger partial charge in [0.05, 0.1) is 11.6 Å². The van der Waals surface area contributed by atoms with Crippen molar-refractivity contribution in [3.05, 3.63) is 41.7 Å². The molecule has 0 amide bonds. The van der Waals surface area contributed by atoms with Crippen LogP contribution in [0.2, 0.25) is 0 Å². The normalized spacial score (nSPS) is 21.0. The number of terminal acetylenes is 1. The molecule has 2 aromatic carbocycles. The smallest absolute Gasteiger partial charge is 0.319 e. The SMILES string of the molecule is C#Cc1cccc2cc(O)cc(-c3nc4c5c(nc(OCC67CCCN6CCC7)nc5c3F)N3CCNCC3CO4)c12. The van der Waals surface area contributed by atoms with Crippen LogP contribution in [0.15, 0.2) is 30.3 Å². The Morgan fingerprint density at radius 3 is 2.83 bits per heavy atom. The predicted octanol–water partition coefficient (Wildman–Crippen LogP) is 3.85. The van der Waals surface area contributed by atoms with E-state index in [-0.39, 0.29) is 40.4 Å². The van der Waals surface area contributed by atoms with E-state index in [9.17, 15) is 5.11 Å². The highest BCUT2D eigenvalue weighted by Crippen LogP contribution is 2.44. The standard InChI is InChI=1S/C32H31FN6O3/c1-2-19-6-3-7-20-14-22(40)15-23(24(19)20)27-26(33)28-25-29(39-13-10-34-16-21(39)17-41-30(25)35-27)37-31(36-28)42-18-32-8-4-11-38(32)12-5-9-32/h1,3,6-7,14-15,21,34,40H,4-5,8-13,16-18H2. The summed E-state index contributed by atoms with van der Waals surface area (Å²) in [4.78, 5) is 18.9. The van der Waals surface area contributed by atoms with Crippen molar-refractivity contribution in [1.29, 1.82) is 0 Å². The molecule has 6 heterocycles. The van der Waals surface area contributed by atoms with E-state index in [1.807, 2.05) is 12.1 Å². The Hall–Kier alpha value is -4.20. The van der Waals surface area contributed by atoms with Gasteiger partial charge in [-0.05, 0) is 62.4 Å². The summed E-state index contributed by atoms with van der Waals surface area (Å²) in [7, 11) is 0. The van der Waals surface area contributed by atoms with Crippen LogP contribution in [0, 0.1) is 18.2 Å². The summed E-state index contributed by atoms with van der Waals surface area (Å²) in [6.45, 7) is 5.13. The Kier molecular flexibility index (Phi) is 5.88. The summed E-state index contributed by atoms with van der Waals surface area (Å²) in [6, 6.07) is 8.66. The lowest BCUT2D eigenvalue weighted by Gasteiger charge is -2.35. The number of halogens is 1. The number of piperazine rings is 1. The van der Waals surface area contributed by atoms with Crippen LogP contribution < -0.4 is 19.7 Å². The van der Waals surface area contributed by atoms with E-state index in [2.05, 4.69) is 26.0 Å². The molecule has 0 bridgehead atoms. The van der Waals surface area contributed by atoms with Gasteiger partial charge in [0, 0.05) is 36.1 Å². The zero-order valence-corrected chi connectivity index (χ0v) is 23.2. The molecule has 4 aliphatic rings. The van der Waals surface area contributed by atoms with E-state index in [1.54, 1.807) is 12.1 Å². The Bertz CT molecular complexity index is 1780. The lowest BCUT2D eigenvalue weighted by atomic mass is 9.95. The fourth-order valence-corrected chi connectivity index (χ4v) is 7.40. The number of nitrogens with one attached hydrogen (secondary N) is 1. The number of rotatable bonds is 4. The fourth-order valence-electron chi connectivity index (χ4n) is 7.40. The summed E-state index contributed by atoms with van der Waals surface area (Å²) in [6.07, 6.45) is 10.3. The van der Waals surface area contributed by atoms with Crippen molar-refractivity contribution >= 4 is 27.5 Å². The molecule has 42 heavy (non-hydrogen) atoms. The Morgan fingerprint density at radius 2 is 2.00 bits per heavy atom. The number of hydrogen-bond donors (Lipinski definition) is 2. The molecule has 1 unspecified atom stereocenters. The zero-order chi connectivity index (χ0) is 28.4. The van der Waals surface area contributed by atoms with E-state index in [4.69, 9.17) is 25.9 Å². The third-order valence-electron chi connectivity index (χ3n) is 9.40. The number of fused-ring (bicyclic) bond motifs is 4. The first-order valence-electron chi connectivity index (χ1n) is 14.7. The number of benzene rings is 2. The lowest BCUT2D eigenvalue weighted by Crippen LogP contribution is -2.53. The molecule has 0 radical (unpaired) electrons. The van der Waals surface area contributed by atoms with Crippen LogP contribution in [-0.4, -0.2) is 82.5 Å². The Morgan fingerprint density at radius 1 is 1.14 bits per heavy atom. The molecule has 0 aliphatic carbocycles. The largest absolute Gasteiger partial charge is 0.508 e. The molecule has 8 rings (SSSR count). The summed E-state index contributed by atoms with van der Waals surface area (Å²) in [5.41, 5.74) is 1.02. The number of nitrogens with zero attached hydrogens (tertiary/aromatic N) is 5. The van der Waals surface area contributed by atoms with Gasteiger partial charge in [0.2, 0.25) is 5.88 Å². The number of ether oxygens (including phenoxy) is 2. The van der Waals surface area contributed by atoms with Crippen LogP contribution in [0.4, 0.5) is 10.2 Å². The van der Waals surface area contributed by atoms with Gasteiger partial charge in [-0.1, -0.05) is 18.1 Å². The number of pyridine rings is 1. The molecule has 4 aromatic rings. The van der Waals surface area contributed by atoms with Gasteiger partial charge in [-0.2, -0.15) is 9.97 Å². The maximum atomic E-state index is 16.8. The van der Waals surface area contributed by atoms with E-state index < -0.39 is 5.82 Å². The van der Waals surface area contributed by atoms with Gasteiger partial charge >= 0.3 is 6.01 Å². The van der Waals surface area contributed by atoms with E-state index in [1.165, 1.54) is 6.07 Å². The van der Waals surface area contributed by atoms with Crippen LogP contribution in [-0.2, 0) is 0 Å². The van der Waals surface area contributed by atoms with Crippen molar-refractivity contribution in [1.82, 2.24) is 25.2 Å². The monoisotopic (exact) mass is 566 g/mol. The van der Waals surface area contributed by atoms with E-state index in [0.717, 1.165) is 45.3 Å². The number of phenols is 1. The number of phenolic OH excluding ortho intramolecular Hbond substituents is 1. The van der Waals surface area contributed by atoms with Crippen LogP contribution in [0.5, 0.6) is 17.6 Å². The first-order valence-corrected chi connectivity index (χ1v) is 14.7. The third-order valence-corrected chi connectivity index (χ3v) is 9.40. The molecule has 3 saturated heterocycles. The predicted molar refractivity (Wildman–Crippen MR) is 158 cm³/mol. The van der Waals surface area contributed by atoms with Crippen molar-refractivity contribution in [2.45, 2.75) is 37.3 Å². The molecule has 2 aromatic heterocycles. The number of hydrogen-bond acceptors (Lipinski definition) is 9. The van der Waals surface area contributed by atoms with Crippen LogP contribution >= 0.6 is 0 Å². The topological polar surface area (TPSA) is 95.9 Å². The molecule has 10 heteroatoms. The minimum absolute atomic E-state index is 0.00560. The maximum absolute atomic E-state index is 16.8. The van der Waals surface area contributed by atoms with Crippen molar-refractivity contribution < 1.29 is 19.0 Å².